The average Bonchev–Trinajstić information content (AvgIpc) is 3.04. The highest BCUT2D eigenvalue weighted by atomic mass is 16.1. The molecule has 0 aliphatic carbocycles. The van der Waals surface area contributed by atoms with Crippen LogP contribution in [0.2, 0.25) is 0 Å². The van der Waals surface area contributed by atoms with Crippen molar-refractivity contribution in [2.75, 3.05) is 5.32 Å². The number of amides is 1. The van der Waals surface area contributed by atoms with E-state index in [9.17, 15) is 4.79 Å². The molecule has 0 aliphatic rings. The number of nitrogens with two attached hydrogens (primary N) is 1. The molecule has 0 saturated heterocycles. The Kier molecular flexibility index (Phi) is 3.12. The maximum Gasteiger partial charge on any atom is 0.239 e. The first-order valence-electron chi connectivity index (χ1n) is 6.32. The number of rotatable bonds is 5. The van der Waals surface area contributed by atoms with Crippen molar-refractivity contribution in [2.24, 2.45) is 5.73 Å². The number of hydrogen-bond acceptors (Lipinski definition) is 3. The lowest BCUT2D eigenvalue weighted by Gasteiger charge is -2.05. The van der Waals surface area contributed by atoms with Crippen LogP contribution in [-0.2, 0) is 17.9 Å². The third-order valence-electron chi connectivity index (χ3n) is 3.12. The SMILES string of the molecule is NC(=O)Cn1cc(NCc2cccc3[nH]ccc23)cn1. The molecule has 0 fully saturated rings. The molecule has 0 radical (unpaired) electrons. The standard InChI is InChI=1S/C14H15N5O/c15-14(20)9-19-8-11(7-18-19)17-6-10-2-1-3-13-12(10)4-5-16-13/h1-5,7-8,16-17H,6,9H2,(H2,15,20). The van der Waals surface area contributed by atoms with Crippen molar-refractivity contribution in [1.29, 1.82) is 0 Å². The lowest BCUT2D eigenvalue weighted by atomic mass is 10.1. The number of benzene rings is 1. The topological polar surface area (TPSA) is 88.7 Å². The summed E-state index contributed by atoms with van der Waals surface area (Å²) in [5.41, 5.74) is 8.31. The summed E-state index contributed by atoms with van der Waals surface area (Å²) in [5.74, 6) is -0.406. The van der Waals surface area contributed by atoms with Gasteiger partial charge in [-0.15, -0.1) is 0 Å². The number of aromatic amines is 1. The van der Waals surface area contributed by atoms with Crippen LogP contribution in [0.25, 0.3) is 10.9 Å². The molecule has 2 aromatic heterocycles. The van der Waals surface area contributed by atoms with E-state index in [1.54, 1.807) is 12.4 Å². The highest BCUT2D eigenvalue weighted by Crippen LogP contribution is 2.18. The first kappa shape index (κ1) is 12.3. The van der Waals surface area contributed by atoms with Crippen molar-refractivity contribution in [2.45, 2.75) is 13.1 Å². The van der Waals surface area contributed by atoms with Gasteiger partial charge in [0, 0.05) is 29.8 Å². The molecule has 0 bridgehead atoms. The van der Waals surface area contributed by atoms with E-state index in [0.717, 1.165) is 11.2 Å². The van der Waals surface area contributed by atoms with E-state index >= 15 is 0 Å². The number of carbonyl (C=O) groups is 1. The molecule has 1 aromatic carbocycles. The molecule has 0 saturated carbocycles. The Morgan fingerprint density at radius 1 is 1.40 bits per heavy atom. The lowest BCUT2D eigenvalue weighted by molar-refractivity contribution is -0.118. The van der Waals surface area contributed by atoms with Gasteiger partial charge in [0.1, 0.15) is 6.54 Å². The van der Waals surface area contributed by atoms with E-state index in [-0.39, 0.29) is 6.54 Å². The zero-order valence-electron chi connectivity index (χ0n) is 10.8. The molecule has 3 aromatic rings. The zero-order chi connectivity index (χ0) is 13.9. The summed E-state index contributed by atoms with van der Waals surface area (Å²) in [6.45, 7) is 0.784. The Morgan fingerprint density at radius 3 is 3.15 bits per heavy atom. The summed E-state index contributed by atoms with van der Waals surface area (Å²) in [5, 5.41) is 8.55. The normalized spacial score (nSPS) is 10.8. The van der Waals surface area contributed by atoms with E-state index in [0.29, 0.717) is 6.54 Å². The molecule has 2 heterocycles. The van der Waals surface area contributed by atoms with Gasteiger partial charge < -0.3 is 16.0 Å². The number of nitrogens with zero attached hydrogens (tertiary/aromatic N) is 2. The largest absolute Gasteiger partial charge is 0.378 e. The predicted molar refractivity (Wildman–Crippen MR) is 77.0 cm³/mol. The second-order valence-corrected chi connectivity index (χ2v) is 4.60. The summed E-state index contributed by atoms with van der Waals surface area (Å²) < 4.78 is 1.52. The average molecular weight is 269 g/mol. The third-order valence-corrected chi connectivity index (χ3v) is 3.12. The number of carbonyl (C=O) groups excluding carboxylic acids is 1. The van der Waals surface area contributed by atoms with Gasteiger partial charge in [-0.1, -0.05) is 12.1 Å². The van der Waals surface area contributed by atoms with E-state index in [2.05, 4.69) is 27.5 Å². The molecule has 6 heteroatoms. The van der Waals surface area contributed by atoms with Gasteiger partial charge in [-0.3, -0.25) is 9.48 Å². The van der Waals surface area contributed by atoms with E-state index in [4.69, 9.17) is 5.73 Å². The number of hydrogen-bond donors (Lipinski definition) is 3. The number of nitrogens with one attached hydrogen (secondary N) is 2. The second kappa shape index (κ2) is 5.08. The lowest BCUT2D eigenvalue weighted by Crippen LogP contribution is -2.18. The molecule has 1 amide bonds. The van der Waals surface area contributed by atoms with Gasteiger partial charge in [0.25, 0.3) is 0 Å². The van der Waals surface area contributed by atoms with Crippen LogP contribution in [0.3, 0.4) is 0 Å². The minimum Gasteiger partial charge on any atom is -0.378 e. The Balaban J connectivity index is 1.71. The van der Waals surface area contributed by atoms with E-state index in [1.807, 2.05) is 18.3 Å². The van der Waals surface area contributed by atoms with E-state index < -0.39 is 5.91 Å². The van der Waals surface area contributed by atoms with Crippen LogP contribution in [0.1, 0.15) is 5.56 Å². The Morgan fingerprint density at radius 2 is 2.30 bits per heavy atom. The quantitative estimate of drug-likeness (QED) is 0.655. The molecule has 3 rings (SSSR count). The molecular weight excluding hydrogens is 254 g/mol. The van der Waals surface area contributed by atoms with Crippen LogP contribution < -0.4 is 11.1 Å². The molecule has 0 aliphatic heterocycles. The Bertz CT molecular complexity index is 743. The first-order chi connectivity index (χ1) is 9.72. The predicted octanol–water partition coefficient (Wildman–Crippen LogP) is 1.46. The van der Waals surface area contributed by atoms with Gasteiger partial charge in [-0.25, -0.2) is 0 Å². The first-order valence-corrected chi connectivity index (χ1v) is 6.32. The fourth-order valence-electron chi connectivity index (χ4n) is 2.20. The van der Waals surface area contributed by atoms with Crippen molar-refractivity contribution in [3.8, 4) is 0 Å². The van der Waals surface area contributed by atoms with Crippen LogP contribution >= 0.6 is 0 Å². The van der Waals surface area contributed by atoms with Crippen LogP contribution in [0.15, 0.2) is 42.9 Å². The summed E-state index contributed by atoms with van der Waals surface area (Å²) >= 11 is 0. The molecule has 6 nitrogen and oxygen atoms in total. The third kappa shape index (κ3) is 2.49. The number of anilines is 1. The number of fused-ring (bicyclic) bond motifs is 1. The summed E-state index contributed by atoms with van der Waals surface area (Å²) in [6.07, 6.45) is 5.38. The fourth-order valence-corrected chi connectivity index (χ4v) is 2.20. The van der Waals surface area contributed by atoms with Crippen LogP contribution in [0.5, 0.6) is 0 Å². The molecule has 0 spiro atoms. The van der Waals surface area contributed by atoms with Gasteiger partial charge >= 0.3 is 0 Å². The highest BCUT2D eigenvalue weighted by molar-refractivity contribution is 5.83. The second-order valence-electron chi connectivity index (χ2n) is 4.60. The van der Waals surface area contributed by atoms with Crippen molar-refractivity contribution >= 4 is 22.5 Å². The van der Waals surface area contributed by atoms with Crippen molar-refractivity contribution < 1.29 is 4.79 Å². The summed E-state index contributed by atoms with van der Waals surface area (Å²) in [7, 11) is 0. The minimum atomic E-state index is -0.406. The Labute approximate surface area is 115 Å². The van der Waals surface area contributed by atoms with Crippen molar-refractivity contribution in [3.63, 3.8) is 0 Å². The van der Waals surface area contributed by atoms with Gasteiger partial charge in [0.2, 0.25) is 5.91 Å². The number of aromatic nitrogens is 3. The van der Waals surface area contributed by atoms with Gasteiger partial charge in [0.15, 0.2) is 0 Å². The minimum absolute atomic E-state index is 0.0923. The molecule has 0 atom stereocenters. The van der Waals surface area contributed by atoms with Crippen molar-refractivity contribution in [3.05, 3.63) is 48.4 Å². The van der Waals surface area contributed by atoms with Crippen molar-refractivity contribution in [1.82, 2.24) is 14.8 Å². The monoisotopic (exact) mass is 269 g/mol. The number of H-pyrrole nitrogens is 1. The molecule has 0 unspecified atom stereocenters. The maximum absolute atomic E-state index is 10.8. The molecule has 20 heavy (non-hydrogen) atoms. The summed E-state index contributed by atoms with van der Waals surface area (Å²) in [4.78, 5) is 14.0. The molecule has 4 N–H and O–H groups in total. The van der Waals surface area contributed by atoms with Gasteiger partial charge in [-0.2, -0.15) is 5.10 Å². The fraction of sp³-hybridized carbons (Fsp3) is 0.143. The van der Waals surface area contributed by atoms with Gasteiger partial charge in [-0.05, 0) is 17.7 Å². The maximum atomic E-state index is 10.8. The van der Waals surface area contributed by atoms with Crippen LogP contribution in [0, 0.1) is 0 Å². The van der Waals surface area contributed by atoms with Crippen LogP contribution in [-0.4, -0.2) is 20.7 Å². The zero-order valence-corrected chi connectivity index (χ0v) is 10.8. The smallest absolute Gasteiger partial charge is 0.239 e. The van der Waals surface area contributed by atoms with E-state index in [1.165, 1.54) is 15.6 Å². The number of primary amides is 1. The van der Waals surface area contributed by atoms with Crippen LogP contribution in [0.4, 0.5) is 5.69 Å². The van der Waals surface area contributed by atoms with Gasteiger partial charge in [0.05, 0.1) is 11.9 Å². The molecule has 102 valence electrons. The molecular formula is C14H15N5O. The highest BCUT2D eigenvalue weighted by Gasteiger charge is 2.04. The summed E-state index contributed by atoms with van der Waals surface area (Å²) in [6, 6.07) is 8.20. The Hall–Kier alpha value is -2.76.